The van der Waals surface area contributed by atoms with Crippen LogP contribution in [0.3, 0.4) is 0 Å². The molecule has 0 radical (unpaired) electrons. The zero-order valence-corrected chi connectivity index (χ0v) is 9.70. The smallest absolute Gasteiger partial charge is 0.107 e. The molecular formula is C11H17NO2S. The van der Waals surface area contributed by atoms with Crippen LogP contribution in [0.2, 0.25) is 0 Å². The van der Waals surface area contributed by atoms with Crippen LogP contribution in [-0.2, 0) is 9.47 Å². The third kappa shape index (κ3) is 2.78. The van der Waals surface area contributed by atoms with E-state index in [1.807, 2.05) is 13.0 Å². The van der Waals surface area contributed by atoms with Crippen LogP contribution in [0, 0.1) is 0 Å². The fourth-order valence-corrected chi connectivity index (χ4v) is 2.61. The molecule has 1 saturated heterocycles. The van der Waals surface area contributed by atoms with Gasteiger partial charge in [-0.3, -0.25) is 0 Å². The lowest BCUT2D eigenvalue weighted by atomic mass is 10.1. The van der Waals surface area contributed by atoms with E-state index in [0.717, 1.165) is 13.0 Å². The molecule has 3 unspecified atom stereocenters. The summed E-state index contributed by atoms with van der Waals surface area (Å²) in [5, 5.41) is 2.05. The number of thiophene rings is 1. The molecule has 3 nitrogen and oxygen atoms in total. The van der Waals surface area contributed by atoms with Gasteiger partial charge < -0.3 is 15.2 Å². The van der Waals surface area contributed by atoms with Gasteiger partial charge in [0.15, 0.2) is 0 Å². The van der Waals surface area contributed by atoms with Crippen molar-refractivity contribution < 1.29 is 9.47 Å². The minimum absolute atomic E-state index is 0.0108. The SMILES string of the molecule is CC(N)C(OC1CCOC1)c1cccs1. The van der Waals surface area contributed by atoms with E-state index in [9.17, 15) is 0 Å². The predicted molar refractivity (Wildman–Crippen MR) is 61.0 cm³/mol. The Morgan fingerprint density at radius 3 is 3.07 bits per heavy atom. The van der Waals surface area contributed by atoms with Crippen molar-refractivity contribution in [2.75, 3.05) is 13.2 Å². The van der Waals surface area contributed by atoms with Crippen LogP contribution in [-0.4, -0.2) is 25.4 Å². The van der Waals surface area contributed by atoms with Gasteiger partial charge in [-0.1, -0.05) is 6.07 Å². The molecule has 2 heterocycles. The Kier molecular flexibility index (Phi) is 3.75. The maximum absolute atomic E-state index is 5.98. The van der Waals surface area contributed by atoms with Gasteiger partial charge in [0.2, 0.25) is 0 Å². The molecule has 1 aromatic heterocycles. The van der Waals surface area contributed by atoms with Gasteiger partial charge in [-0.2, -0.15) is 0 Å². The fourth-order valence-electron chi connectivity index (χ4n) is 1.73. The number of hydrogen-bond acceptors (Lipinski definition) is 4. The molecule has 84 valence electrons. The van der Waals surface area contributed by atoms with Crippen LogP contribution in [0.1, 0.15) is 24.3 Å². The topological polar surface area (TPSA) is 44.5 Å². The van der Waals surface area contributed by atoms with Gasteiger partial charge >= 0.3 is 0 Å². The Bertz CT molecular complexity index is 281. The summed E-state index contributed by atoms with van der Waals surface area (Å²) in [6.45, 7) is 3.50. The number of rotatable bonds is 4. The molecule has 1 fully saturated rings. The molecule has 0 amide bonds. The van der Waals surface area contributed by atoms with Crippen molar-refractivity contribution in [3.05, 3.63) is 22.4 Å². The quantitative estimate of drug-likeness (QED) is 0.855. The Balaban J connectivity index is 2.00. The van der Waals surface area contributed by atoms with E-state index in [-0.39, 0.29) is 18.2 Å². The standard InChI is InChI=1S/C11H17NO2S/c1-8(12)11(10-3-2-6-15-10)14-9-4-5-13-7-9/h2-3,6,8-9,11H,4-5,7,12H2,1H3. The molecule has 15 heavy (non-hydrogen) atoms. The number of nitrogens with two attached hydrogens (primary N) is 1. The lowest BCUT2D eigenvalue weighted by Gasteiger charge is -2.23. The number of ether oxygens (including phenoxy) is 2. The summed E-state index contributed by atoms with van der Waals surface area (Å²) in [6.07, 6.45) is 1.20. The maximum Gasteiger partial charge on any atom is 0.107 e. The average molecular weight is 227 g/mol. The molecular weight excluding hydrogens is 210 g/mol. The molecule has 0 aliphatic carbocycles. The molecule has 1 aromatic rings. The van der Waals surface area contributed by atoms with Crippen LogP contribution in [0.4, 0.5) is 0 Å². The third-order valence-electron chi connectivity index (χ3n) is 2.53. The van der Waals surface area contributed by atoms with Crippen molar-refractivity contribution in [1.29, 1.82) is 0 Å². The van der Waals surface area contributed by atoms with E-state index in [0.29, 0.717) is 6.61 Å². The molecule has 3 atom stereocenters. The normalized spacial score (nSPS) is 25.3. The summed E-state index contributed by atoms with van der Waals surface area (Å²) < 4.78 is 11.3. The first-order chi connectivity index (χ1) is 7.27. The molecule has 4 heteroatoms. The van der Waals surface area contributed by atoms with Crippen LogP contribution in [0.5, 0.6) is 0 Å². The van der Waals surface area contributed by atoms with E-state index in [1.54, 1.807) is 11.3 Å². The summed E-state index contributed by atoms with van der Waals surface area (Å²) in [7, 11) is 0. The largest absolute Gasteiger partial charge is 0.379 e. The summed E-state index contributed by atoms with van der Waals surface area (Å²) in [5.74, 6) is 0. The highest BCUT2D eigenvalue weighted by molar-refractivity contribution is 7.10. The van der Waals surface area contributed by atoms with E-state index >= 15 is 0 Å². The molecule has 2 N–H and O–H groups in total. The Morgan fingerprint density at radius 2 is 2.53 bits per heavy atom. The molecule has 1 aliphatic heterocycles. The minimum atomic E-state index is 0.0108. The van der Waals surface area contributed by atoms with Gasteiger partial charge in [0.1, 0.15) is 6.10 Å². The maximum atomic E-state index is 5.98. The van der Waals surface area contributed by atoms with Crippen LogP contribution in [0.25, 0.3) is 0 Å². The number of hydrogen-bond donors (Lipinski definition) is 1. The Labute approximate surface area is 94.2 Å². The minimum Gasteiger partial charge on any atom is -0.379 e. The average Bonchev–Trinajstić information content (AvgIpc) is 2.87. The van der Waals surface area contributed by atoms with Crippen molar-refractivity contribution >= 4 is 11.3 Å². The highest BCUT2D eigenvalue weighted by Crippen LogP contribution is 2.27. The molecule has 0 aromatic carbocycles. The van der Waals surface area contributed by atoms with Gasteiger partial charge in [0, 0.05) is 17.5 Å². The van der Waals surface area contributed by atoms with Gasteiger partial charge in [0.25, 0.3) is 0 Å². The van der Waals surface area contributed by atoms with E-state index in [2.05, 4.69) is 11.4 Å². The van der Waals surface area contributed by atoms with Gasteiger partial charge in [0.05, 0.1) is 12.7 Å². The van der Waals surface area contributed by atoms with Crippen molar-refractivity contribution in [3.8, 4) is 0 Å². The third-order valence-corrected chi connectivity index (χ3v) is 3.46. The van der Waals surface area contributed by atoms with Gasteiger partial charge in [-0.05, 0) is 24.8 Å². The predicted octanol–water partition coefficient (Wildman–Crippen LogP) is 1.94. The molecule has 0 spiro atoms. The van der Waals surface area contributed by atoms with Crippen LogP contribution >= 0.6 is 11.3 Å². The van der Waals surface area contributed by atoms with Crippen LogP contribution < -0.4 is 5.73 Å². The lowest BCUT2D eigenvalue weighted by molar-refractivity contribution is -0.0251. The summed E-state index contributed by atoms with van der Waals surface area (Å²) >= 11 is 1.70. The van der Waals surface area contributed by atoms with Crippen molar-refractivity contribution in [3.63, 3.8) is 0 Å². The van der Waals surface area contributed by atoms with Gasteiger partial charge in [-0.15, -0.1) is 11.3 Å². The zero-order chi connectivity index (χ0) is 10.7. The fraction of sp³-hybridized carbons (Fsp3) is 0.636. The van der Waals surface area contributed by atoms with Crippen molar-refractivity contribution in [2.45, 2.75) is 31.6 Å². The zero-order valence-electron chi connectivity index (χ0n) is 8.89. The second-order valence-electron chi connectivity index (χ2n) is 3.92. The highest BCUT2D eigenvalue weighted by atomic mass is 32.1. The summed E-state index contributed by atoms with van der Waals surface area (Å²) in [4.78, 5) is 1.21. The summed E-state index contributed by atoms with van der Waals surface area (Å²) in [6, 6.07) is 4.13. The first kappa shape index (κ1) is 11.1. The second kappa shape index (κ2) is 5.07. The molecule has 0 saturated carbocycles. The Hall–Kier alpha value is -0.420. The van der Waals surface area contributed by atoms with Crippen molar-refractivity contribution in [1.82, 2.24) is 0 Å². The first-order valence-electron chi connectivity index (χ1n) is 5.29. The molecule has 2 rings (SSSR count). The molecule has 0 bridgehead atoms. The van der Waals surface area contributed by atoms with Crippen molar-refractivity contribution in [2.24, 2.45) is 5.73 Å². The Morgan fingerprint density at radius 1 is 1.67 bits per heavy atom. The van der Waals surface area contributed by atoms with Crippen LogP contribution in [0.15, 0.2) is 17.5 Å². The lowest BCUT2D eigenvalue weighted by Crippen LogP contribution is -2.30. The van der Waals surface area contributed by atoms with E-state index < -0.39 is 0 Å². The second-order valence-corrected chi connectivity index (χ2v) is 4.90. The van der Waals surface area contributed by atoms with Gasteiger partial charge in [-0.25, -0.2) is 0 Å². The summed E-state index contributed by atoms with van der Waals surface area (Å²) in [5.41, 5.74) is 5.95. The van der Waals surface area contributed by atoms with E-state index in [1.165, 1.54) is 4.88 Å². The highest BCUT2D eigenvalue weighted by Gasteiger charge is 2.25. The van der Waals surface area contributed by atoms with E-state index in [4.69, 9.17) is 15.2 Å². The first-order valence-corrected chi connectivity index (χ1v) is 6.17. The monoisotopic (exact) mass is 227 g/mol. The molecule has 1 aliphatic rings.